The van der Waals surface area contributed by atoms with E-state index in [9.17, 15) is 0 Å². The molecule has 0 fully saturated rings. The molecule has 2 aromatic rings. The third-order valence-corrected chi connectivity index (χ3v) is 2.49. The summed E-state index contributed by atoms with van der Waals surface area (Å²) in [5.41, 5.74) is 1.22. The highest BCUT2D eigenvalue weighted by Gasteiger charge is 1.93. The summed E-state index contributed by atoms with van der Waals surface area (Å²) in [6, 6.07) is 14.0. The fraction of sp³-hybridized carbons (Fsp3) is 0.286. The van der Waals surface area contributed by atoms with E-state index in [4.69, 9.17) is 4.74 Å². The first-order valence-corrected chi connectivity index (χ1v) is 5.96. The van der Waals surface area contributed by atoms with Crippen LogP contribution in [-0.4, -0.2) is 18.1 Å². The molecule has 0 spiro atoms. The topological polar surface area (TPSA) is 37.0 Å². The van der Waals surface area contributed by atoms with E-state index < -0.39 is 0 Å². The van der Waals surface area contributed by atoms with Crippen LogP contribution in [0, 0.1) is 0 Å². The molecule has 0 aliphatic carbocycles. The van der Waals surface area contributed by atoms with Crippen LogP contribution in [0.25, 0.3) is 0 Å². The first-order chi connectivity index (χ1) is 8.45. The fourth-order valence-electron chi connectivity index (χ4n) is 1.60. The maximum Gasteiger partial charge on any atom is 0.119 e. The first-order valence-electron chi connectivity index (χ1n) is 5.96. The van der Waals surface area contributed by atoms with E-state index >= 15 is 0 Å². The molecule has 0 unspecified atom stereocenters. The van der Waals surface area contributed by atoms with Crippen LogP contribution < -0.4 is 10.1 Å². The molecule has 0 radical (unpaired) electrons. The lowest BCUT2D eigenvalue weighted by molar-refractivity contribution is 0.308. The molecule has 0 bridgehead atoms. The molecule has 2 rings (SSSR count). The minimum Gasteiger partial charge on any atom is -0.494 e. The lowest BCUT2D eigenvalue weighted by Crippen LogP contribution is -2.17. The Morgan fingerprint density at radius 2 is 1.94 bits per heavy atom. The Morgan fingerprint density at radius 3 is 2.71 bits per heavy atom. The zero-order chi connectivity index (χ0) is 11.8. The lowest BCUT2D eigenvalue weighted by Gasteiger charge is -2.06. The number of nitrogens with one attached hydrogen (secondary N) is 2. The molecule has 17 heavy (non-hydrogen) atoms. The Morgan fingerprint density at radius 1 is 1.06 bits per heavy atom. The summed E-state index contributed by atoms with van der Waals surface area (Å²) in [7, 11) is 0. The smallest absolute Gasteiger partial charge is 0.119 e. The van der Waals surface area contributed by atoms with Crippen LogP contribution in [0.15, 0.2) is 48.7 Å². The largest absolute Gasteiger partial charge is 0.494 e. The van der Waals surface area contributed by atoms with Gasteiger partial charge in [0.05, 0.1) is 6.61 Å². The Hall–Kier alpha value is -1.74. The maximum absolute atomic E-state index is 5.60. The van der Waals surface area contributed by atoms with Gasteiger partial charge in [0.1, 0.15) is 5.75 Å². The van der Waals surface area contributed by atoms with Gasteiger partial charge in [0, 0.05) is 18.4 Å². The highest BCUT2D eigenvalue weighted by molar-refractivity contribution is 5.20. The molecule has 0 saturated carbocycles. The molecule has 2 N–H and O–H groups in total. The molecular weight excluding hydrogens is 212 g/mol. The Labute approximate surface area is 102 Å². The SMILES string of the molecule is c1ccc(OCCCNCc2ccc[nH]2)cc1. The molecule has 0 aliphatic heterocycles. The Bertz CT molecular complexity index is 397. The second kappa shape index (κ2) is 6.76. The Kier molecular flexibility index (Phi) is 4.67. The lowest BCUT2D eigenvalue weighted by atomic mass is 10.3. The zero-order valence-electron chi connectivity index (χ0n) is 9.86. The van der Waals surface area contributed by atoms with E-state index in [2.05, 4.69) is 16.4 Å². The number of aromatic amines is 1. The van der Waals surface area contributed by atoms with Crippen LogP contribution in [0.4, 0.5) is 0 Å². The number of hydrogen-bond acceptors (Lipinski definition) is 2. The summed E-state index contributed by atoms with van der Waals surface area (Å²) in [6.45, 7) is 2.60. The maximum atomic E-state index is 5.60. The van der Waals surface area contributed by atoms with Gasteiger partial charge in [-0.15, -0.1) is 0 Å². The molecule has 1 aromatic carbocycles. The average Bonchev–Trinajstić information content (AvgIpc) is 2.88. The van der Waals surface area contributed by atoms with Gasteiger partial charge in [0.25, 0.3) is 0 Å². The Balaban J connectivity index is 1.52. The van der Waals surface area contributed by atoms with Crippen molar-refractivity contribution in [2.24, 2.45) is 0 Å². The van der Waals surface area contributed by atoms with Gasteiger partial charge in [0.2, 0.25) is 0 Å². The van der Waals surface area contributed by atoms with Crippen LogP contribution in [0.5, 0.6) is 5.75 Å². The number of H-pyrrole nitrogens is 1. The predicted molar refractivity (Wildman–Crippen MR) is 69.1 cm³/mol. The van der Waals surface area contributed by atoms with Crippen molar-refractivity contribution in [3.63, 3.8) is 0 Å². The van der Waals surface area contributed by atoms with Crippen molar-refractivity contribution in [3.8, 4) is 5.75 Å². The highest BCUT2D eigenvalue weighted by atomic mass is 16.5. The van der Waals surface area contributed by atoms with Gasteiger partial charge in [0.15, 0.2) is 0 Å². The fourth-order valence-corrected chi connectivity index (χ4v) is 1.60. The van der Waals surface area contributed by atoms with E-state index in [1.54, 1.807) is 0 Å². The quantitative estimate of drug-likeness (QED) is 0.717. The van der Waals surface area contributed by atoms with Crippen molar-refractivity contribution < 1.29 is 4.74 Å². The minimum absolute atomic E-state index is 0.752. The van der Waals surface area contributed by atoms with Crippen LogP contribution in [0.2, 0.25) is 0 Å². The number of rotatable bonds is 7. The van der Waals surface area contributed by atoms with E-state index in [-0.39, 0.29) is 0 Å². The summed E-state index contributed by atoms with van der Waals surface area (Å²) in [6.07, 6.45) is 2.95. The standard InChI is InChI=1S/C14H18N2O/c1-2-7-14(8-3-1)17-11-5-9-15-12-13-6-4-10-16-13/h1-4,6-8,10,15-16H,5,9,11-12H2. The molecule has 0 saturated heterocycles. The van der Waals surface area contributed by atoms with Crippen LogP contribution in [0.1, 0.15) is 12.1 Å². The molecular formula is C14H18N2O. The average molecular weight is 230 g/mol. The third kappa shape index (κ3) is 4.33. The molecule has 0 aliphatic rings. The second-order valence-electron chi connectivity index (χ2n) is 3.89. The van der Waals surface area contributed by atoms with E-state index in [1.807, 2.05) is 42.6 Å². The molecule has 0 amide bonds. The van der Waals surface area contributed by atoms with Crippen molar-refractivity contribution in [1.82, 2.24) is 10.3 Å². The minimum atomic E-state index is 0.752. The van der Waals surface area contributed by atoms with Crippen molar-refractivity contribution in [1.29, 1.82) is 0 Å². The van der Waals surface area contributed by atoms with Gasteiger partial charge in [-0.2, -0.15) is 0 Å². The van der Waals surface area contributed by atoms with Crippen molar-refractivity contribution in [2.75, 3.05) is 13.2 Å². The van der Waals surface area contributed by atoms with E-state index in [1.165, 1.54) is 5.69 Å². The summed E-state index contributed by atoms with van der Waals surface area (Å²) >= 11 is 0. The summed E-state index contributed by atoms with van der Waals surface area (Å²) in [5.74, 6) is 0.942. The van der Waals surface area contributed by atoms with Gasteiger partial charge >= 0.3 is 0 Å². The van der Waals surface area contributed by atoms with Crippen LogP contribution >= 0.6 is 0 Å². The van der Waals surface area contributed by atoms with Crippen LogP contribution in [0.3, 0.4) is 0 Å². The molecule has 3 nitrogen and oxygen atoms in total. The van der Waals surface area contributed by atoms with Crippen molar-refractivity contribution >= 4 is 0 Å². The van der Waals surface area contributed by atoms with Crippen molar-refractivity contribution in [3.05, 3.63) is 54.4 Å². The van der Waals surface area contributed by atoms with E-state index in [0.717, 1.165) is 31.9 Å². The van der Waals surface area contributed by atoms with Gasteiger partial charge in [-0.05, 0) is 37.2 Å². The molecule has 90 valence electrons. The molecule has 1 heterocycles. The number of aromatic nitrogens is 1. The third-order valence-electron chi connectivity index (χ3n) is 2.49. The summed E-state index contributed by atoms with van der Waals surface area (Å²) in [5, 5.41) is 3.36. The monoisotopic (exact) mass is 230 g/mol. The van der Waals surface area contributed by atoms with Crippen LogP contribution in [-0.2, 0) is 6.54 Å². The van der Waals surface area contributed by atoms with Crippen molar-refractivity contribution in [2.45, 2.75) is 13.0 Å². The zero-order valence-corrected chi connectivity index (χ0v) is 9.86. The van der Waals surface area contributed by atoms with E-state index in [0.29, 0.717) is 0 Å². The number of para-hydroxylation sites is 1. The van der Waals surface area contributed by atoms with Gasteiger partial charge in [-0.3, -0.25) is 0 Å². The predicted octanol–water partition coefficient (Wildman–Crippen LogP) is 2.57. The first kappa shape index (κ1) is 11.7. The molecule has 3 heteroatoms. The summed E-state index contributed by atoms with van der Waals surface area (Å²) < 4.78 is 5.60. The number of hydrogen-bond donors (Lipinski definition) is 2. The number of benzene rings is 1. The molecule has 0 atom stereocenters. The molecule has 1 aromatic heterocycles. The highest BCUT2D eigenvalue weighted by Crippen LogP contribution is 2.07. The van der Waals surface area contributed by atoms with Gasteiger partial charge in [-0.25, -0.2) is 0 Å². The van der Waals surface area contributed by atoms with Gasteiger partial charge < -0.3 is 15.0 Å². The summed E-state index contributed by atoms with van der Waals surface area (Å²) in [4.78, 5) is 3.16. The normalized spacial score (nSPS) is 10.4. The van der Waals surface area contributed by atoms with Gasteiger partial charge in [-0.1, -0.05) is 18.2 Å². The second-order valence-corrected chi connectivity index (χ2v) is 3.89. The number of ether oxygens (including phenoxy) is 1.